The van der Waals surface area contributed by atoms with Gasteiger partial charge in [-0.1, -0.05) is 36.4 Å². The van der Waals surface area contributed by atoms with Gasteiger partial charge in [-0.15, -0.1) is 0 Å². The van der Waals surface area contributed by atoms with E-state index < -0.39 is 23.1 Å². The normalized spacial score (nSPS) is 10.5. The number of aromatic nitrogens is 2. The Bertz CT molecular complexity index is 1320. The summed E-state index contributed by atoms with van der Waals surface area (Å²) in [4.78, 5) is 54.8. The lowest BCUT2D eigenvalue weighted by Crippen LogP contribution is -2.43. The van der Waals surface area contributed by atoms with Crippen molar-refractivity contribution in [3.63, 3.8) is 0 Å². The highest BCUT2D eigenvalue weighted by atomic mass is 16.5. The fraction of sp³-hybridized carbons (Fsp3) is 0.250. The molecular weight excluding hydrogens is 452 g/mol. The number of benzene rings is 2. The molecule has 0 aliphatic heterocycles. The number of methoxy groups -OCH3 is 1. The van der Waals surface area contributed by atoms with Crippen LogP contribution >= 0.6 is 0 Å². The molecule has 35 heavy (non-hydrogen) atoms. The number of nitrogens with one attached hydrogen (secondary N) is 2. The van der Waals surface area contributed by atoms with Crippen LogP contribution in [-0.4, -0.2) is 60.6 Å². The highest BCUT2D eigenvalue weighted by Gasteiger charge is 2.21. The number of amides is 2. The van der Waals surface area contributed by atoms with E-state index in [9.17, 15) is 19.2 Å². The zero-order chi connectivity index (χ0) is 25.5. The van der Waals surface area contributed by atoms with Gasteiger partial charge in [0.1, 0.15) is 17.3 Å². The molecule has 0 aliphatic rings. The lowest BCUT2D eigenvalue weighted by molar-refractivity contribution is -0.132. The predicted molar refractivity (Wildman–Crippen MR) is 134 cm³/mol. The van der Waals surface area contributed by atoms with Crippen LogP contribution in [0.5, 0.6) is 5.75 Å². The second kappa shape index (κ2) is 11.1. The molecule has 3 aromatic rings. The summed E-state index contributed by atoms with van der Waals surface area (Å²) in [5.74, 6) is -0.292. The molecule has 0 unspecified atom stereocenters. The number of aromatic amines is 1. The van der Waals surface area contributed by atoms with Crippen LogP contribution in [0.15, 0.2) is 64.2 Å². The van der Waals surface area contributed by atoms with E-state index >= 15 is 0 Å². The lowest BCUT2D eigenvalue weighted by atomic mass is 10.2. The van der Waals surface area contributed by atoms with Crippen LogP contribution in [-0.2, 0) is 16.1 Å². The summed E-state index contributed by atoms with van der Waals surface area (Å²) in [5.41, 5.74) is 6.17. The van der Waals surface area contributed by atoms with E-state index in [0.717, 1.165) is 5.56 Å². The fourth-order valence-corrected chi connectivity index (χ4v) is 3.48. The van der Waals surface area contributed by atoms with E-state index in [2.05, 4.69) is 10.3 Å². The fourth-order valence-electron chi connectivity index (χ4n) is 3.48. The average Bonchev–Trinajstić information content (AvgIpc) is 2.82. The van der Waals surface area contributed by atoms with Crippen molar-refractivity contribution in [1.29, 1.82) is 0 Å². The number of likely N-dealkylation sites (N-methyl/N-ethyl adjacent to an activating group) is 2. The largest absolute Gasteiger partial charge is 0.497 e. The first kappa shape index (κ1) is 25.1. The Morgan fingerprint density at radius 3 is 2.46 bits per heavy atom. The molecular formula is C24H28N6O5. The molecule has 184 valence electrons. The van der Waals surface area contributed by atoms with E-state index in [0.29, 0.717) is 11.4 Å². The Kier molecular flexibility index (Phi) is 7.92. The van der Waals surface area contributed by atoms with Gasteiger partial charge in [0.2, 0.25) is 11.8 Å². The summed E-state index contributed by atoms with van der Waals surface area (Å²) in [7, 11) is 4.51. The molecule has 11 nitrogen and oxygen atoms in total. The average molecular weight is 481 g/mol. The molecule has 0 bridgehead atoms. The maximum absolute atomic E-state index is 12.7. The van der Waals surface area contributed by atoms with Crippen molar-refractivity contribution in [2.75, 3.05) is 50.2 Å². The highest BCUT2D eigenvalue weighted by molar-refractivity contribution is 5.95. The number of anilines is 3. The van der Waals surface area contributed by atoms with Crippen molar-refractivity contribution in [3.8, 4) is 5.75 Å². The van der Waals surface area contributed by atoms with Crippen molar-refractivity contribution in [1.82, 2.24) is 14.5 Å². The first-order chi connectivity index (χ1) is 16.7. The first-order valence-corrected chi connectivity index (χ1v) is 10.7. The van der Waals surface area contributed by atoms with Gasteiger partial charge in [0.05, 0.1) is 26.7 Å². The summed E-state index contributed by atoms with van der Waals surface area (Å²) in [6.07, 6.45) is 0. The SMILES string of the molecule is COc1cccc(NC(=O)CN(C)C(=O)CN(C)c2c(N)n(Cc3ccccc3)c(=O)[nH]c2=O)c1. The Hall–Kier alpha value is -4.54. The van der Waals surface area contributed by atoms with Crippen molar-refractivity contribution >= 4 is 29.0 Å². The molecule has 1 aromatic heterocycles. The third-order valence-electron chi connectivity index (χ3n) is 5.31. The molecule has 2 aromatic carbocycles. The van der Waals surface area contributed by atoms with Crippen LogP contribution in [0.1, 0.15) is 5.56 Å². The topological polar surface area (TPSA) is 143 Å². The van der Waals surface area contributed by atoms with Gasteiger partial charge < -0.3 is 25.6 Å². The summed E-state index contributed by atoms with van der Waals surface area (Å²) < 4.78 is 6.36. The highest BCUT2D eigenvalue weighted by Crippen LogP contribution is 2.17. The molecule has 2 amide bonds. The minimum Gasteiger partial charge on any atom is -0.497 e. The lowest BCUT2D eigenvalue weighted by Gasteiger charge is -2.24. The van der Waals surface area contributed by atoms with Crippen LogP contribution in [0.2, 0.25) is 0 Å². The number of carbonyl (C=O) groups is 2. The van der Waals surface area contributed by atoms with Gasteiger partial charge in [-0.05, 0) is 17.7 Å². The van der Waals surface area contributed by atoms with Crippen LogP contribution in [0.25, 0.3) is 0 Å². The van der Waals surface area contributed by atoms with E-state index in [1.165, 1.54) is 35.6 Å². The van der Waals surface area contributed by atoms with E-state index in [1.807, 2.05) is 30.3 Å². The van der Waals surface area contributed by atoms with Crippen LogP contribution in [0.3, 0.4) is 0 Å². The van der Waals surface area contributed by atoms with E-state index in [4.69, 9.17) is 10.5 Å². The van der Waals surface area contributed by atoms with Gasteiger partial charge in [-0.3, -0.25) is 23.9 Å². The van der Waals surface area contributed by atoms with Gasteiger partial charge in [0.15, 0.2) is 0 Å². The molecule has 0 fully saturated rings. The molecule has 0 saturated heterocycles. The molecule has 0 radical (unpaired) electrons. The van der Waals surface area contributed by atoms with Crippen molar-refractivity contribution < 1.29 is 14.3 Å². The summed E-state index contributed by atoms with van der Waals surface area (Å²) in [5, 5.41) is 2.70. The second-order valence-corrected chi connectivity index (χ2v) is 7.95. The number of nitrogens with zero attached hydrogens (tertiary/aromatic N) is 3. The standard InChI is InChI=1S/C24H28N6O5/c1-28(14-19(31)26-17-10-7-11-18(12-17)35-3)20(32)15-29(2)21-22(25)30(24(34)27-23(21)33)13-16-8-5-4-6-9-16/h4-12H,13-15,25H2,1-3H3,(H,26,31)(H,27,33,34). The van der Waals surface area contributed by atoms with Gasteiger partial charge in [0.25, 0.3) is 5.56 Å². The van der Waals surface area contributed by atoms with Crippen molar-refractivity contribution in [2.45, 2.75) is 6.54 Å². The van der Waals surface area contributed by atoms with Crippen molar-refractivity contribution in [2.24, 2.45) is 0 Å². The predicted octanol–water partition coefficient (Wildman–Crippen LogP) is 0.709. The van der Waals surface area contributed by atoms with Gasteiger partial charge >= 0.3 is 5.69 Å². The number of nitrogen functional groups attached to an aromatic ring is 1. The monoisotopic (exact) mass is 480 g/mol. The quantitative estimate of drug-likeness (QED) is 0.409. The van der Waals surface area contributed by atoms with Crippen molar-refractivity contribution in [3.05, 3.63) is 81.0 Å². The number of hydrogen-bond donors (Lipinski definition) is 3. The number of carbonyl (C=O) groups excluding carboxylic acids is 2. The minimum atomic E-state index is -0.703. The van der Waals surface area contributed by atoms with Crippen LogP contribution in [0, 0.1) is 0 Å². The molecule has 4 N–H and O–H groups in total. The van der Waals surface area contributed by atoms with E-state index in [1.54, 1.807) is 24.3 Å². The summed E-state index contributed by atoms with van der Waals surface area (Å²) in [6.45, 7) is -0.287. The second-order valence-electron chi connectivity index (χ2n) is 7.95. The molecule has 0 aliphatic carbocycles. The Morgan fingerprint density at radius 1 is 1.06 bits per heavy atom. The first-order valence-electron chi connectivity index (χ1n) is 10.7. The van der Waals surface area contributed by atoms with Crippen LogP contribution in [0.4, 0.5) is 17.2 Å². The van der Waals surface area contributed by atoms with Gasteiger partial charge in [-0.25, -0.2) is 4.79 Å². The van der Waals surface area contributed by atoms with Crippen LogP contribution < -0.4 is 31.9 Å². The number of nitrogens with two attached hydrogens (primary N) is 1. The van der Waals surface area contributed by atoms with Gasteiger partial charge in [0, 0.05) is 25.8 Å². The molecule has 3 rings (SSSR count). The third kappa shape index (κ3) is 6.28. The van der Waals surface area contributed by atoms with Gasteiger partial charge in [-0.2, -0.15) is 0 Å². The molecule has 0 saturated carbocycles. The van der Waals surface area contributed by atoms with E-state index in [-0.39, 0.29) is 31.1 Å². The summed E-state index contributed by atoms with van der Waals surface area (Å²) >= 11 is 0. The molecule has 0 spiro atoms. The zero-order valence-corrected chi connectivity index (χ0v) is 19.8. The third-order valence-corrected chi connectivity index (χ3v) is 5.31. The smallest absolute Gasteiger partial charge is 0.330 e. The maximum Gasteiger partial charge on any atom is 0.330 e. The number of ether oxygens (including phenoxy) is 1. The minimum absolute atomic E-state index is 0.0110. The Morgan fingerprint density at radius 2 is 1.77 bits per heavy atom. The number of rotatable bonds is 9. The Labute approximate surface area is 201 Å². The molecule has 0 atom stereocenters. The summed E-state index contributed by atoms with van der Waals surface area (Å²) in [6, 6.07) is 16.0. The molecule has 11 heteroatoms. The maximum atomic E-state index is 12.7. The number of H-pyrrole nitrogens is 1. The Balaban J connectivity index is 1.69. The zero-order valence-electron chi connectivity index (χ0n) is 19.8. The molecule has 1 heterocycles. The number of hydrogen-bond acceptors (Lipinski definition) is 7.